The van der Waals surface area contributed by atoms with Crippen molar-refractivity contribution in [1.29, 1.82) is 0 Å². The summed E-state index contributed by atoms with van der Waals surface area (Å²) < 4.78 is 25.6. The molecule has 0 spiro atoms. The highest BCUT2D eigenvalue weighted by Crippen LogP contribution is 2.11. The molecule has 1 aromatic carbocycles. The maximum absolute atomic E-state index is 11.4. The summed E-state index contributed by atoms with van der Waals surface area (Å²) >= 11 is 0. The van der Waals surface area contributed by atoms with Crippen LogP contribution in [0.3, 0.4) is 0 Å². The summed E-state index contributed by atoms with van der Waals surface area (Å²) in [6.45, 7) is 2.03. The fourth-order valence-corrected chi connectivity index (χ4v) is 1.44. The zero-order chi connectivity index (χ0) is 12.0. The topological polar surface area (TPSA) is 72.5 Å². The molecule has 0 aromatic heterocycles. The third-order valence-electron chi connectivity index (χ3n) is 1.79. The Balaban J connectivity index is 2.74. The predicted octanol–water partition coefficient (Wildman–Crippen LogP) is 0.844. The van der Waals surface area contributed by atoms with Gasteiger partial charge in [0.1, 0.15) is 5.88 Å². The van der Waals surface area contributed by atoms with Crippen LogP contribution in [0.2, 0.25) is 0 Å². The van der Waals surface area contributed by atoms with Gasteiger partial charge in [0.25, 0.3) is 0 Å². The van der Waals surface area contributed by atoms with Crippen LogP contribution in [-0.4, -0.2) is 26.9 Å². The molecule has 6 heteroatoms. The van der Waals surface area contributed by atoms with E-state index in [4.69, 9.17) is 4.74 Å². The fourth-order valence-electron chi connectivity index (χ4n) is 1.13. The molecule has 0 amide bonds. The Kier molecular flexibility index (Phi) is 4.78. The molecule has 0 heterocycles. The Morgan fingerprint density at radius 1 is 1.44 bits per heavy atom. The van der Waals surface area contributed by atoms with Gasteiger partial charge in [-0.05, 0) is 25.1 Å². The van der Waals surface area contributed by atoms with Gasteiger partial charge in [-0.25, -0.2) is 13.2 Å². The number of hydrogen-bond acceptors (Lipinski definition) is 5. The molecule has 1 N–H and O–H groups in total. The van der Waals surface area contributed by atoms with E-state index >= 15 is 0 Å². The SMILES string of the molecule is CCOC(=O)c1cccc(NC[SH](=O)=O)c1. The summed E-state index contributed by atoms with van der Waals surface area (Å²) in [7, 11) is -2.48. The summed E-state index contributed by atoms with van der Waals surface area (Å²) in [5.74, 6) is -0.570. The molecule has 0 unspecified atom stereocenters. The van der Waals surface area contributed by atoms with Crippen LogP contribution in [0, 0.1) is 0 Å². The van der Waals surface area contributed by atoms with Crippen LogP contribution >= 0.6 is 0 Å². The number of esters is 1. The van der Waals surface area contributed by atoms with Crippen molar-refractivity contribution in [3.05, 3.63) is 29.8 Å². The minimum absolute atomic E-state index is 0.151. The molecule has 0 aliphatic carbocycles. The number of nitrogens with one attached hydrogen (secondary N) is 1. The summed E-state index contributed by atoms with van der Waals surface area (Å²) in [5.41, 5.74) is 0.970. The Bertz CT molecular complexity index is 434. The Morgan fingerprint density at radius 3 is 2.81 bits per heavy atom. The summed E-state index contributed by atoms with van der Waals surface area (Å²) in [4.78, 5) is 11.4. The first-order chi connectivity index (χ1) is 7.63. The van der Waals surface area contributed by atoms with Gasteiger partial charge in [0.05, 0.1) is 12.2 Å². The second-order valence-corrected chi connectivity index (χ2v) is 3.95. The van der Waals surface area contributed by atoms with E-state index in [1.165, 1.54) is 0 Å². The largest absolute Gasteiger partial charge is 0.462 e. The molecule has 0 radical (unpaired) electrons. The number of carbonyl (C=O) groups is 1. The maximum Gasteiger partial charge on any atom is 0.338 e. The lowest BCUT2D eigenvalue weighted by Gasteiger charge is -2.05. The molecule has 1 rings (SSSR count). The van der Waals surface area contributed by atoms with Gasteiger partial charge >= 0.3 is 5.97 Å². The maximum atomic E-state index is 11.4. The van der Waals surface area contributed by atoms with Gasteiger partial charge in [-0.15, -0.1) is 0 Å². The molecule has 0 fully saturated rings. The molecule has 1 aromatic rings. The Morgan fingerprint density at radius 2 is 2.19 bits per heavy atom. The van der Waals surface area contributed by atoms with Crippen molar-refractivity contribution in [1.82, 2.24) is 0 Å². The second kappa shape index (κ2) is 6.12. The number of anilines is 1. The zero-order valence-corrected chi connectivity index (χ0v) is 9.70. The first kappa shape index (κ1) is 12.5. The lowest BCUT2D eigenvalue weighted by atomic mass is 10.2. The zero-order valence-electron chi connectivity index (χ0n) is 8.80. The van der Waals surface area contributed by atoms with Crippen LogP contribution in [0.5, 0.6) is 0 Å². The monoisotopic (exact) mass is 243 g/mol. The number of carbonyl (C=O) groups excluding carboxylic acids is 1. The van der Waals surface area contributed by atoms with Crippen LogP contribution < -0.4 is 5.32 Å². The van der Waals surface area contributed by atoms with E-state index in [-0.39, 0.29) is 5.88 Å². The van der Waals surface area contributed by atoms with Crippen LogP contribution in [0.15, 0.2) is 24.3 Å². The van der Waals surface area contributed by atoms with Gasteiger partial charge in [0.15, 0.2) is 10.7 Å². The molecule has 5 nitrogen and oxygen atoms in total. The first-order valence-corrected chi connectivity index (χ1v) is 6.12. The van der Waals surface area contributed by atoms with Crippen molar-refractivity contribution >= 4 is 22.4 Å². The summed E-state index contributed by atoms with van der Waals surface area (Å²) in [6.07, 6.45) is 0. The van der Waals surface area contributed by atoms with Gasteiger partial charge in [0.2, 0.25) is 0 Å². The van der Waals surface area contributed by atoms with Gasteiger partial charge in [-0.1, -0.05) is 6.07 Å². The van der Waals surface area contributed by atoms with Crippen molar-refractivity contribution in [3.8, 4) is 0 Å². The fraction of sp³-hybridized carbons (Fsp3) is 0.300. The number of rotatable bonds is 5. The standard InChI is InChI=1S/C10H13NO4S/c1-2-15-10(12)8-4-3-5-9(6-8)11-7-16(13)14/h3-6,11,16H,2,7H2,1H3. The molecule has 0 aliphatic heterocycles. The average Bonchev–Trinajstić information content (AvgIpc) is 2.27. The summed E-state index contributed by atoms with van der Waals surface area (Å²) in [5, 5.41) is 2.68. The highest BCUT2D eigenvalue weighted by molar-refractivity contribution is 7.72. The number of benzene rings is 1. The molecular weight excluding hydrogens is 230 g/mol. The molecule has 88 valence electrons. The van der Waals surface area contributed by atoms with Crippen LogP contribution in [-0.2, 0) is 15.4 Å². The summed E-state index contributed by atoms with van der Waals surface area (Å²) in [6, 6.07) is 6.51. The Hall–Kier alpha value is -1.56. The Labute approximate surface area is 95.4 Å². The van der Waals surface area contributed by atoms with E-state index < -0.39 is 16.7 Å². The second-order valence-electron chi connectivity index (χ2n) is 2.97. The van der Waals surface area contributed by atoms with E-state index in [9.17, 15) is 13.2 Å². The van der Waals surface area contributed by atoms with Gasteiger partial charge in [-0.2, -0.15) is 0 Å². The smallest absolute Gasteiger partial charge is 0.338 e. The van der Waals surface area contributed by atoms with Gasteiger partial charge in [-0.3, -0.25) is 0 Å². The van der Waals surface area contributed by atoms with E-state index in [2.05, 4.69) is 5.32 Å². The first-order valence-electron chi connectivity index (χ1n) is 4.76. The molecule has 0 saturated heterocycles. The lowest BCUT2D eigenvalue weighted by molar-refractivity contribution is 0.0526. The number of ether oxygens (including phenoxy) is 1. The van der Waals surface area contributed by atoms with E-state index in [1.807, 2.05) is 0 Å². The number of hydrogen-bond donors (Lipinski definition) is 2. The van der Waals surface area contributed by atoms with Crippen LogP contribution in [0.4, 0.5) is 5.69 Å². The molecule has 0 atom stereocenters. The molecule has 0 saturated carbocycles. The minimum Gasteiger partial charge on any atom is -0.462 e. The third-order valence-corrected chi connectivity index (χ3v) is 2.20. The quantitative estimate of drug-likeness (QED) is 0.592. The number of thiol groups is 1. The predicted molar refractivity (Wildman–Crippen MR) is 61.2 cm³/mol. The van der Waals surface area contributed by atoms with E-state index in [1.54, 1.807) is 31.2 Å². The van der Waals surface area contributed by atoms with Gasteiger partial charge < -0.3 is 10.1 Å². The van der Waals surface area contributed by atoms with Crippen molar-refractivity contribution in [2.75, 3.05) is 17.8 Å². The van der Waals surface area contributed by atoms with Crippen molar-refractivity contribution in [2.45, 2.75) is 6.92 Å². The van der Waals surface area contributed by atoms with Crippen molar-refractivity contribution in [2.24, 2.45) is 0 Å². The van der Waals surface area contributed by atoms with Crippen LogP contribution in [0.1, 0.15) is 17.3 Å². The average molecular weight is 243 g/mol. The molecule has 16 heavy (non-hydrogen) atoms. The van der Waals surface area contributed by atoms with Crippen molar-refractivity contribution < 1.29 is 17.9 Å². The lowest BCUT2D eigenvalue weighted by Crippen LogP contribution is -2.07. The molecular formula is C10H13NO4S. The molecule has 0 aliphatic rings. The minimum atomic E-state index is -2.48. The third kappa shape index (κ3) is 3.90. The van der Waals surface area contributed by atoms with Crippen LogP contribution in [0.25, 0.3) is 0 Å². The normalized spacial score (nSPS) is 10.1. The molecule has 0 bridgehead atoms. The van der Waals surface area contributed by atoms with Crippen molar-refractivity contribution in [3.63, 3.8) is 0 Å². The van der Waals surface area contributed by atoms with E-state index in [0.29, 0.717) is 17.9 Å². The van der Waals surface area contributed by atoms with Gasteiger partial charge in [0, 0.05) is 5.69 Å². The van der Waals surface area contributed by atoms with E-state index in [0.717, 1.165) is 0 Å². The highest BCUT2D eigenvalue weighted by atomic mass is 32.2. The highest BCUT2D eigenvalue weighted by Gasteiger charge is 2.06.